The van der Waals surface area contributed by atoms with Gasteiger partial charge >= 0.3 is 0 Å². The summed E-state index contributed by atoms with van der Waals surface area (Å²) in [5.41, 5.74) is 3.07. The van der Waals surface area contributed by atoms with Crippen molar-refractivity contribution < 1.29 is 13.2 Å². The van der Waals surface area contributed by atoms with Gasteiger partial charge in [0.1, 0.15) is 6.54 Å². The van der Waals surface area contributed by atoms with Crippen molar-refractivity contribution in [2.24, 2.45) is 0 Å². The fourth-order valence-electron chi connectivity index (χ4n) is 2.75. The van der Waals surface area contributed by atoms with Gasteiger partial charge in [0.25, 0.3) is 0 Å². The number of carbonyl (C=O) groups is 1. The molecule has 0 atom stereocenters. The monoisotopic (exact) mass is 394 g/mol. The van der Waals surface area contributed by atoms with Crippen LogP contribution in [0.1, 0.15) is 25.0 Å². The molecule has 0 aliphatic rings. The fraction of sp³-hybridized carbons (Fsp3) is 0.316. The van der Waals surface area contributed by atoms with E-state index in [2.05, 4.69) is 5.32 Å². The summed E-state index contributed by atoms with van der Waals surface area (Å²) >= 11 is 6.13. The first-order valence-corrected chi connectivity index (χ1v) is 10.6. The third-order valence-corrected chi connectivity index (χ3v) is 5.52. The molecule has 0 aromatic heterocycles. The van der Waals surface area contributed by atoms with E-state index in [1.165, 1.54) is 0 Å². The lowest BCUT2D eigenvalue weighted by molar-refractivity contribution is -0.114. The molecule has 0 unspecified atom stereocenters. The van der Waals surface area contributed by atoms with Crippen LogP contribution in [0.4, 0.5) is 11.4 Å². The second kappa shape index (κ2) is 8.56. The minimum Gasteiger partial charge on any atom is -0.324 e. The molecule has 2 aromatic carbocycles. The van der Waals surface area contributed by atoms with Crippen LogP contribution in [0.3, 0.4) is 0 Å². The summed E-state index contributed by atoms with van der Waals surface area (Å²) in [5.74, 6) is -0.411. The molecule has 140 valence electrons. The second-order valence-electron chi connectivity index (χ2n) is 5.93. The van der Waals surface area contributed by atoms with Crippen LogP contribution in [-0.4, -0.2) is 27.1 Å². The topological polar surface area (TPSA) is 66.5 Å². The first kappa shape index (κ1) is 20.3. The SMILES string of the molecule is CCc1cccc(CC)c1NC(=O)CN(c1ccccc1Cl)S(C)(=O)=O. The van der Waals surface area contributed by atoms with E-state index in [0.29, 0.717) is 0 Å². The molecule has 7 heteroatoms. The number of sulfonamides is 1. The van der Waals surface area contributed by atoms with Gasteiger partial charge in [-0.3, -0.25) is 9.10 Å². The average molecular weight is 395 g/mol. The van der Waals surface area contributed by atoms with Crippen molar-refractivity contribution in [3.63, 3.8) is 0 Å². The number of aryl methyl sites for hydroxylation is 2. The van der Waals surface area contributed by atoms with Crippen molar-refractivity contribution in [3.05, 3.63) is 58.6 Å². The first-order valence-electron chi connectivity index (χ1n) is 8.40. The number of nitrogens with zero attached hydrogens (tertiary/aromatic N) is 1. The predicted molar refractivity (Wildman–Crippen MR) is 107 cm³/mol. The lowest BCUT2D eigenvalue weighted by Gasteiger charge is -2.23. The molecule has 0 saturated heterocycles. The largest absolute Gasteiger partial charge is 0.324 e. The standard InChI is InChI=1S/C19H23ClN2O3S/c1-4-14-9-8-10-15(5-2)19(14)21-18(23)13-22(26(3,24)25)17-12-7-6-11-16(17)20/h6-12H,4-5,13H2,1-3H3,(H,21,23). The third kappa shape index (κ3) is 4.77. The van der Waals surface area contributed by atoms with Gasteiger partial charge in [0.05, 0.1) is 17.0 Å². The molecule has 0 saturated carbocycles. The van der Waals surface area contributed by atoms with E-state index < -0.39 is 15.9 Å². The molecule has 2 rings (SSSR count). The molecule has 0 aliphatic carbocycles. The minimum absolute atomic E-state index is 0.272. The molecule has 0 spiro atoms. The molecule has 0 bridgehead atoms. The van der Waals surface area contributed by atoms with Gasteiger partial charge in [0.2, 0.25) is 15.9 Å². The summed E-state index contributed by atoms with van der Waals surface area (Å²) in [4.78, 5) is 12.6. The van der Waals surface area contributed by atoms with Gasteiger partial charge in [0, 0.05) is 5.69 Å². The number of carbonyl (C=O) groups excluding carboxylic acids is 1. The maximum Gasteiger partial charge on any atom is 0.245 e. The molecule has 0 radical (unpaired) electrons. The Morgan fingerprint density at radius 3 is 2.12 bits per heavy atom. The first-order chi connectivity index (χ1) is 12.3. The minimum atomic E-state index is -3.67. The molecular weight excluding hydrogens is 372 g/mol. The second-order valence-corrected chi connectivity index (χ2v) is 8.24. The van der Waals surface area contributed by atoms with Crippen molar-refractivity contribution in [2.75, 3.05) is 22.4 Å². The molecule has 0 aliphatic heterocycles. The highest BCUT2D eigenvalue weighted by Gasteiger charge is 2.23. The summed E-state index contributed by atoms with van der Waals surface area (Å²) in [6.07, 6.45) is 2.59. The molecule has 1 amide bonds. The van der Waals surface area contributed by atoms with Gasteiger partial charge in [-0.15, -0.1) is 0 Å². The van der Waals surface area contributed by atoms with E-state index in [4.69, 9.17) is 11.6 Å². The molecular formula is C19H23ClN2O3S. The van der Waals surface area contributed by atoms with Gasteiger partial charge in [0.15, 0.2) is 0 Å². The van der Waals surface area contributed by atoms with Crippen LogP contribution in [0.15, 0.2) is 42.5 Å². The Hall–Kier alpha value is -2.05. The van der Waals surface area contributed by atoms with Crippen LogP contribution in [0.5, 0.6) is 0 Å². The quantitative estimate of drug-likeness (QED) is 0.775. The number of anilines is 2. The van der Waals surface area contributed by atoms with Crippen LogP contribution >= 0.6 is 11.6 Å². The zero-order valence-corrected chi connectivity index (χ0v) is 16.7. The molecule has 5 nitrogen and oxygen atoms in total. The Labute approximate surface area is 160 Å². The van der Waals surface area contributed by atoms with Crippen molar-refractivity contribution in [3.8, 4) is 0 Å². The summed E-state index contributed by atoms with van der Waals surface area (Å²) in [5, 5.41) is 3.16. The van der Waals surface area contributed by atoms with Gasteiger partial charge < -0.3 is 5.32 Å². The summed E-state index contributed by atoms with van der Waals surface area (Å²) in [7, 11) is -3.67. The lowest BCUT2D eigenvalue weighted by Crippen LogP contribution is -2.37. The van der Waals surface area contributed by atoms with E-state index in [1.807, 2.05) is 32.0 Å². The van der Waals surface area contributed by atoms with Crippen LogP contribution in [-0.2, 0) is 27.7 Å². The molecule has 2 aromatic rings. The Bertz CT molecular complexity index is 875. The number of benzene rings is 2. The number of para-hydroxylation sites is 2. The van der Waals surface area contributed by atoms with Crippen molar-refractivity contribution in [1.82, 2.24) is 0 Å². The normalized spacial score (nSPS) is 11.2. The molecule has 26 heavy (non-hydrogen) atoms. The van der Waals surface area contributed by atoms with E-state index >= 15 is 0 Å². The summed E-state index contributed by atoms with van der Waals surface area (Å²) in [6.45, 7) is 3.68. The third-order valence-electron chi connectivity index (χ3n) is 4.07. The zero-order chi connectivity index (χ0) is 19.3. The molecule has 0 fully saturated rings. The number of hydrogen-bond acceptors (Lipinski definition) is 3. The highest BCUT2D eigenvalue weighted by atomic mass is 35.5. The Balaban J connectivity index is 2.31. The molecule has 1 N–H and O–H groups in total. The lowest BCUT2D eigenvalue weighted by atomic mass is 10.0. The van der Waals surface area contributed by atoms with Crippen molar-refractivity contribution in [2.45, 2.75) is 26.7 Å². The summed E-state index contributed by atoms with van der Waals surface area (Å²) < 4.78 is 25.4. The maximum atomic E-state index is 12.6. The Morgan fingerprint density at radius 2 is 1.62 bits per heavy atom. The van der Waals surface area contributed by atoms with Crippen LogP contribution in [0, 0.1) is 0 Å². The fourth-order valence-corrected chi connectivity index (χ4v) is 3.90. The van der Waals surface area contributed by atoms with E-state index in [1.54, 1.807) is 24.3 Å². The summed E-state index contributed by atoms with van der Waals surface area (Å²) in [6, 6.07) is 12.4. The zero-order valence-electron chi connectivity index (χ0n) is 15.1. The van der Waals surface area contributed by atoms with Crippen molar-refractivity contribution >= 4 is 38.9 Å². The Morgan fingerprint density at radius 1 is 1.04 bits per heavy atom. The van der Waals surface area contributed by atoms with E-state index in [-0.39, 0.29) is 17.3 Å². The highest BCUT2D eigenvalue weighted by molar-refractivity contribution is 7.92. The van der Waals surface area contributed by atoms with Crippen LogP contribution in [0.25, 0.3) is 0 Å². The molecule has 0 heterocycles. The van der Waals surface area contributed by atoms with Gasteiger partial charge in [-0.25, -0.2) is 8.42 Å². The maximum absolute atomic E-state index is 12.6. The smallest absolute Gasteiger partial charge is 0.245 e. The average Bonchev–Trinajstić information content (AvgIpc) is 2.59. The van der Waals surface area contributed by atoms with Gasteiger partial charge in [-0.1, -0.05) is 55.8 Å². The number of halogens is 1. The van der Waals surface area contributed by atoms with E-state index in [9.17, 15) is 13.2 Å². The van der Waals surface area contributed by atoms with E-state index in [0.717, 1.165) is 40.2 Å². The number of nitrogens with one attached hydrogen (secondary N) is 1. The Kier molecular flexibility index (Phi) is 6.67. The van der Waals surface area contributed by atoms with Crippen LogP contribution in [0.2, 0.25) is 5.02 Å². The number of rotatable bonds is 7. The van der Waals surface area contributed by atoms with Crippen LogP contribution < -0.4 is 9.62 Å². The predicted octanol–water partition coefficient (Wildman–Crippen LogP) is 3.87. The number of amides is 1. The van der Waals surface area contributed by atoms with Crippen molar-refractivity contribution in [1.29, 1.82) is 0 Å². The highest BCUT2D eigenvalue weighted by Crippen LogP contribution is 2.27. The number of hydrogen-bond donors (Lipinski definition) is 1. The van der Waals surface area contributed by atoms with Gasteiger partial charge in [-0.05, 0) is 36.1 Å². The van der Waals surface area contributed by atoms with Gasteiger partial charge in [-0.2, -0.15) is 0 Å².